The normalized spacial score (nSPS) is 20.1. The number of benzene rings is 2. The number of hydrazone groups is 1. The van der Waals surface area contributed by atoms with Gasteiger partial charge in [0.1, 0.15) is 17.1 Å². The molecule has 1 unspecified atom stereocenters. The zero-order chi connectivity index (χ0) is 22.3. The Morgan fingerprint density at radius 2 is 1.74 bits per heavy atom. The van der Waals surface area contributed by atoms with Crippen LogP contribution >= 0.6 is 0 Å². The minimum Gasteiger partial charge on any atom is -0.462 e. The van der Waals surface area contributed by atoms with Crippen molar-refractivity contribution in [3.63, 3.8) is 0 Å². The van der Waals surface area contributed by atoms with Gasteiger partial charge in [0.05, 0.1) is 12.3 Å². The van der Waals surface area contributed by atoms with E-state index in [0.29, 0.717) is 16.9 Å². The summed E-state index contributed by atoms with van der Waals surface area (Å²) in [4.78, 5) is 41.3. The Hall–Kier alpha value is -3.94. The van der Waals surface area contributed by atoms with Gasteiger partial charge in [-0.2, -0.15) is 5.10 Å². The monoisotopic (exact) mass is 418 g/mol. The van der Waals surface area contributed by atoms with Gasteiger partial charge in [-0.1, -0.05) is 36.4 Å². The van der Waals surface area contributed by atoms with Crippen molar-refractivity contribution in [1.82, 2.24) is 0 Å². The molecule has 1 spiro atoms. The van der Waals surface area contributed by atoms with Crippen LogP contribution in [-0.4, -0.2) is 37.0 Å². The Morgan fingerprint density at radius 1 is 1.10 bits per heavy atom. The summed E-state index contributed by atoms with van der Waals surface area (Å²) in [5.41, 5.74) is 6.09. The summed E-state index contributed by atoms with van der Waals surface area (Å²) in [6, 6.07) is 15.9. The van der Waals surface area contributed by atoms with Crippen molar-refractivity contribution in [1.29, 1.82) is 0 Å². The molecule has 0 saturated carbocycles. The van der Waals surface area contributed by atoms with Crippen molar-refractivity contribution < 1.29 is 19.1 Å². The number of hydrogen-bond acceptors (Lipinski definition) is 7. The van der Waals surface area contributed by atoms with E-state index in [0.717, 1.165) is 0 Å². The van der Waals surface area contributed by atoms with E-state index in [1.54, 1.807) is 62.5 Å². The van der Waals surface area contributed by atoms with Crippen molar-refractivity contribution in [2.75, 3.05) is 23.6 Å². The number of nitrogens with two attached hydrogens (primary N) is 1. The van der Waals surface area contributed by atoms with Crippen LogP contribution < -0.4 is 15.6 Å². The molecule has 4 rings (SSSR count). The predicted molar refractivity (Wildman–Crippen MR) is 116 cm³/mol. The highest BCUT2D eigenvalue weighted by atomic mass is 16.5. The minimum atomic E-state index is -1.78. The van der Waals surface area contributed by atoms with Crippen LogP contribution in [0.4, 0.5) is 11.4 Å². The van der Waals surface area contributed by atoms with Gasteiger partial charge in [0.15, 0.2) is 11.2 Å². The highest BCUT2D eigenvalue weighted by Gasteiger charge is 2.62. The first-order valence-corrected chi connectivity index (χ1v) is 9.85. The van der Waals surface area contributed by atoms with E-state index in [1.807, 2.05) is 6.07 Å². The van der Waals surface area contributed by atoms with Crippen molar-refractivity contribution >= 4 is 34.7 Å². The number of nitrogens with zero attached hydrogens (tertiary/aromatic N) is 3. The van der Waals surface area contributed by atoms with E-state index in [2.05, 4.69) is 5.10 Å². The average Bonchev–Trinajstić information content (AvgIpc) is 2.98. The number of carbonyl (C=O) groups is 3. The van der Waals surface area contributed by atoms with E-state index in [-0.39, 0.29) is 23.7 Å². The summed E-state index contributed by atoms with van der Waals surface area (Å²) in [7, 11) is 1.59. The van der Waals surface area contributed by atoms with Crippen LogP contribution in [0.3, 0.4) is 0 Å². The molecule has 8 nitrogen and oxygen atoms in total. The Bertz CT molecular complexity index is 1160. The molecular weight excluding hydrogens is 396 g/mol. The molecule has 0 aromatic heterocycles. The van der Waals surface area contributed by atoms with Gasteiger partial charge in [-0.05, 0) is 25.1 Å². The largest absolute Gasteiger partial charge is 0.462 e. The molecule has 2 aliphatic heterocycles. The Kier molecular flexibility index (Phi) is 4.85. The number of Topliss-reactive ketones (excluding diaryl/α,β-unsaturated/α-hetero) is 1. The SMILES string of the molecule is CCOC(=O)C1=C(N)N(c2ccccc2)N=C(C(C)=O)C12C(=O)N(C)c1ccccc12. The maximum atomic E-state index is 13.7. The molecule has 1 atom stereocenters. The van der Waals surface area contributed by atoms with Gasteiger partial charge in [-0.25, -0.2) is 9.80 Å². The summed E-state index contributed by atoms with van der Waals surface area (Å²) in [6.07, 6.45) is 0. The molecule has 1 amide bonds. The van der Waals surface area contributed by atoms with Crippen LogP contribution in [0.1, 0.15) is 19.4 Å². The summed E-state index contributed by atoms with van der Waals surface area (Å²) in [6.45, 7) is 3.06. The number of ether oxygens (including phenoxy) is 1. The molecule has 158 valence electrons. The third-order valence-electron chi connectivity index (χ3n) is 5.52. The lowest BCUT2D eigenvalue weighted by Gasteiger charge is -2.37. The Balaban J connectivity index is 2.10. The Morgan fingerprint density at radius 3 is 2.39 bits per heavy atom. The number of para-hydroxylation sites is 2. The molecule has 2 aromatic carbocycles. The quantitative estimate of drug-likeness (QED) is 0.763. The number of fused-ring (bicyclic) bond motifs is 2. The molecule has 2 heterocycles. The summed E-state index contributed by atoms with van der Waals surface area (Å²) in [5, 5.41) is 5.81. The molecule has 0 bridgehead atoms. The average molecular weight is 418 g/mol. The fourth-order valence-corrected chi connectivity index (χ4v) is 4.24. The second kappa shape index (κ2) is 7.39. The second-order valence-electron chi connectivity index (χ2n) is 7.26. The second-order valence-corrected chi connectivity index (χ2v) is 7.26. The topological polar surface area (TPSA) is 105 Å². The highest BCUT2D eigenvalue weighted by Crippen LogP contribution is 2.50. The van der Waals surface area contributed by atoms with E-state index in [1.165, 1.54) is 16.8 Å². The fraction of sp³-hybridized carbons (Fsp3) is 0.217. The van der Waals surface area contributed by atoms with Gasteiger partial charge >= 0.3 is 5.97 Å². The molecule has 0 radical (unpaired) electrons. The van der Waals surface area contributed by atoms with Crippen LogP contribution in [-0.2, 0) is 24.5 Å². The van der Waals surface area contributed by atoms with Gasteiger partial charge in [0.2, 0.25) is 5.91 Å². The Labute approximate surface area is 179 Å². The highest BCUT2D eigenvalue weighted by molar-refractivity contribution is 6.51. The zero-order valence-electron chi connectivity index (χ0n) is 17.5. The molecule has 8 heteroatoms. The van der Waals surface area contributed by atoms with Crippen LogP contribution in [0.15, 0.2) is 71.1 Å². The van der Waals surface area contributed by atoms with Crippen molar-refractivity contribution in [3.05, 3.63) is 71.6 Å². The van der Waals surface area contributed by atoms with Gasteiger partial charge < -0.3 is 15.4 Å². The molecule has 2 aromatic rings. The van der Waals surface area contributed by atoms with E-state index < -0.39 is 23.1 Å². The fourth-order valence-electron chi connectivity index (χ4n) is 4.24. The number of rotatable bonds is 4. The third-order valence-corrected chi connectivity index (χ3v) is 5.52. The van der Waals surface area contributed by atoms with Gasteiger partial charge in [-0.15, -0.1) is 0 Å². The molecular formula is C23H22N4O4. The lowest BCUT2D eigenvalue weighted by atomic mass is 9.69. The van der Waals surface area contributed by atoms with Crippen molar-refractivity contribution in [2.24, 2.45) is 10.8 Å². The molecule has 2 N–H and O–H groups in total. The summed E-state index contributed by atoms with van der Waals surface area (Å²) in [5.74, 6) is -1.77. The predicted octanol–water partition coefficient (Wildman–Crippen LogP) is 2.10. The van der Waals surface area contributed by atoms with Gasteiger partial charge in [-0.3, -0.25) is 9.59 Å². The molecule has 0 saturated heterocycles. The van der Waals surface area contributed by atoms with E-state index in [9.17, 15) is 14.4 Å². The number of anilines is 2. The van der Waals surface area contributed by atoms with Crippen LogP contribution in [0.5, 0.6) is 0 Å². The number of amides is 1. The minimum absolute atomic E-state index is 0.0619. The van der Waals surface area contributed by atoms with E-state index in [4.69, 9.17) is 10.5 Å². The maximum absolute atomic E-state index is 13.7. The first kappa shape index (κ1) is 20.3. The zero-order valence-corrected chi connectivity index (χ0v) is 17.5. The maximum Gasteiger partial charge on any atom is 0.339 e. The summed E-state index contributed by atoms with van der Waals surface area (Å²) < 4.78 is 5.31. The lowest BCUT2D eigenvalue weighted by molar-refractivity contribution is -0.140. The number of likely N-dealkylation sites (N-methyl/N-ethyl adjacent to an activating group) is 1. The lowest BCUT2D eigenvalue weighted by Crippen LogP contribution is -2.56. The van der Waals surface area contributed by atoms with Crippen LogP contribution in [0, 0.1) is 0 Å². The first-order chi connectivity index (χ1) is 14.9. The number of hydrogen-bond donors (Lipinski definition) is 1. The standard InChI is InChI=1S/C23H22N4O4/c1-4-31-21(29)18-20(24)27(15-10-6-5-7-11-15)25-19(14(2)28)23(18)16-12-8-9-13-17(16)26(3)22(23)30/h5-13H,4,24H2,1-3H3. The van der Waals surface area contributed by atoms with E-state index >= 15 is 0 Å². The molecule has 31 heavy (non-hydrogen) atoms. The molecule has 0 fully saturated rings. The molecule has 2 aliphatic rings. The first-order valence-electron chi connectivity index (χ1n) is 9.85. The van der Waals surface area contributed by atoms with Crippen molar-refractivity contribution in [2.45, 2.75) is 19.3 Å². The number of carbonyl (C=O) groups excluding carboxylic acids is 3. The number of esters is 1. The molecule has 0 aliphatic carbocycles. The van der Waals surface area contributed by atoms with Crippen LogP contribution in [0.25, 0.3) is 0 Å². The summed E-state index contributed by atoms with van der Waals surface area (Å²) >= 11 is 0. The number of ketones is 1. The van der Waals surface area contributed by atoms with Gasteiger partial charge in [0, 0.05) is 25.2 Å². The van der Waals surface area contributed by atoms with Crippen molar-refractivity contribution in [3.8, 4) is 0 Å². The smallest absolute Gasteiger partial charge is 0.339 e. The van der Waals surface area contributed by atoms with Gasteiger partial charge in [0.25, 0.3) is 0 Å². The third kappa shape index (κ3) is 2.75. The van der Waals surface area contributed by atoms with Crippen LogP contribution in [0.2, 0.25) is 0 Å².